The highest BCUT2D eigenvalue weighted by Crippen LogP contribution is 2.50. The minimum atomic E-state index is -0.469. The first-order valence-electron chi connectivity index (χ1n) is 8.70. The van der Waals surface area contributed by atoms with Crippen molar-refractivity contribution < 1.29 is 14.0 Å². The van der Waals surface area contributed by atoms with Crippen LogP contribution in [0.5, 0.6) is 0 Å². The standard InChI is InChI=1S/C18H22FN3O2/c19-14-5-3-13(4-6-14)18(7-8-18)16(23)21-10-1-2-15(12-21)22-11-9-20-17(22)24/h3-6,15H,1-2,7-12H2,(H,20,24). The molecule has 2 saturated heterocycles. The Morgan fingerprint density at radius 3 is 2.58 bits per heavy atom. The van der Waals surface area contributed by atoms with E-state index in [-0.39, 0.29) is 23.8 Å². The first kappa shape index (κ1) is 15.4. The molecule has 1 saturated carbocycles. The van der Waals surface area contributed by atoms with Crippen LogP contribution in [0.3, 0.4) is 0 Å². The van der Waals surface area contributed by atoms with Crippen LogP contribution < -0.4 is 5.32 Å². The summed E-state index contributed by atoms with van der Waals surface area (Å²) in [6.07, 6.45) is 3.51. The molecule has 0 radical (unpaired) electrons. The Morgan fingerprint density at radius 1 is 1.21 bits per heavy atom. The van der Waals surface area contributed by atoms with Crippen molar-refractivity contribution in [1.29, 1.82) is 0 Å². The third kappa shape index (κ3) is 2.54. The second-order valence-electron chi connectivity index (χ2n) is 7.06. The van der Waals surface area contributed by atoms with Crippen molar-refractivity contribution in [3.8, 4) is 0 Å². The van der Waals surface area contributed by atoms with E-state index >= 15 is 0 Å². The highest BCUT2D eigenvalue weighted by atomic mass is 19.1. The van der Waals surface area contributed by atoms with Gasteiger partial charge in [-0.15, -0.1) is 0 Å². The van der Waals surface area contributed by atoms with E-state index in [2.05, 4.69) is 5.32 Å². The molecule has 3 aliphatic rings. The third-order valence-electron chi connectivity index (χ3n) is 5.57. The van der Waals surface area contributed by atoms with Gasteiger partial charge in [-0.3, -0.25) is 4.79 Å². The average Bonchev–Trinajstić information content (AvgIpc) is 3.30. The molecule has 6 heteroatoms. The topological polar surface area (TPSA) is 52.7 Å². The smallest absolute Gasteiger partial charge is 0.317 e. The van der Waals surface area contributed by atoms with Gasteiger partial charge in [0.05, 0.1) is 11.5 Å². The third-order valence-corrected chi connectivity index (χ3v) is 5.57. The molecule has 4 rings (SSSR count). The molecule has 1 atom stereocenters. The van der Waals surface area contributed by atoms with E-state index in [1.807, 2.05) is 9.80 Å². The Balaban J connectivity index is 1.49. The maximum absolute atomic E-state index is 13.2. The Hall–Kier alpha value is -2.11. The van der Waals surface area contributed by atoms with Gasteiger partial charge in [-0.25, -0.2) is 9.18 Å². The second kappa shape index (κ2) is 5.76. The van der Waals surface area contributed by atoms with Crippen LogP contribution in [0, 0.1) is 5.82 Å². The van der Waals surface area contributed by atoms with E-state index in [0.29, 0.717) is 19.6 Å². The zero-order valence-corrected chi connectivity index (χ0v) is 13.6. The van der Waals surface area contributed by atoms with E-state index in [1.54, 1.807) is 12.1 Å². The van der Waals surface area contributed by atoms with Crippen LogP contribution in [0.25, 0.3) is 0 Å². The van der Waals surface area contributed by atoms with Crippen molar-refractivity contribution in [3.63, 3.8) is 0 Å². The maximum Gasteiger partial charge on any atom is 0.317 e. The first-order valence-corrected chi connectivity index (χ1v) is 8.70. The quantitative estimate of drug-likeness (QED) is 0.919. The summed E-state index contributed by atoms with van der Waals surface area (Å²) in [6.45, 7) is 2.75. The van der Waals surface area contributed by atoms with Gasteiger partial charge in [0.25, 0.3) is 0 Å². The lowest BCUT2D eigenvalue weighted by Gasteiger charge is -2.38. The van der Waals surface area contributed by atoms with E-state index in [4.69, 9.17) is 0 Å². The number of amides is 3. The average molecular weight is 331 g/mol. The predicted molar refractivity (Wildman–Crippen MR) is 87.0 cm³/mol. The number of piperidine rings is 1. The highest BCUT2D eigenvalue weighted by Gasteiger charge is 2.53. The lowest BCUT2D eigenvalue weighted by atomic mass is 9.92. The highest BCUT2D eigenvalue weighted by molar-refractivity contribution is 5.91. The van der Waals surface area contributed by atoms with Crippen molar-refractivity contribution in [1.82, 2.24) is 15.1 Å². The number of nitrogens with one attached hydrogen (secondary N) is 1. The molecule has 24 heavy (non-hydrogen) atoms. The maximum atomic E-state index is 13.2. The number of nitrogens with zero attached hydrogens (tertiary/aromatic N) is 2. The monoisotopic (exact) mass is 331 g/mol. The Kier molecular flexibility index (Phi) is 3.70. The SMILES string of the molecule is O=C1NCCN1C1CCCN(C(=O)C2(c3ccc(F)cc3)CC2)C1. The molecule has 0 bridgehead atoms. The molecule has 1 aromatic rings. The van der Waals surface area contributed by atoms with Crippen LogP contribution in [0.2, 0.25) is 0 Å². The molecule has 2 aliphatic heterocycles. The van der Waals surface area contributed by atoms with E-state index in [1.165, 1.54) is 12.1 Å². The summed E-state index contributed by atoms with van der Waals surface area (Å²) in [5.41, 5.74) is 0.443. The Bertz CT molecular complexity index is 657. The molecule has 0 aromatic heterocycles. The summed E-state index contributed by atoms with van der Waals surface area (Å²) in [5.74, 6) is -0.140. The molecule has 128 valence electrons. The number of carbonyl (C=O) groups excluding carboxylic acids is 2. The lowest BCUT2D eigenvalue weighted by Crippen LogP contribution is -2.52. The molecular formula is C18H22FN3O2. The van der Waals surface area contributed by atoms with Gasteiger partial charge in [0.1, 0.15) is 5.82 Å². The number of hydrogen-bond acceptors (Lipinski definition) is 2. The van der Waals surface area contributed by atoms with Gasteiger partial charge in [0.2, 0.25) is 5.91 Å². The minimum Gasteiger partial charge on any atom is -0.340 e. The zero-order chi connectivity index (χ0) is 16.7. The van der Waals surface area contributed by atoms with Crippen LogP contribution in [-0.2, 0) is 10.2 Å². The predicted octanol–water partition coefficient (Wildman–Crippen LogP) is 1.87. The van der Waals surface area contributed by atoms with Crippen LogP contribution in [-0.4, -0.2) is 54.0 Å². The van der Waals surface area contributed by atoms with Gasteiger partial charge in [-0.1, -0.05) is 12.1 Å². The summed E-state index contributed by atoms with van der Waals surface area (Å²) in [6, 6.07) is 6.40. The Labute approximate surface area is 140 Å². The number of rotatable bonds is 3. The van der Waals surface area contributed by atoms with Gasteiger partial charge in [0.15, 0.2) is 0 Å². The molecule has 1 aromatic carbocycles. The molecule has 3 amide bonds. The number of benzene rings is 1. The normalized spacial score (nSPS) is 25.5. The summed E-state index contributed by atoms with van der Waals surface area (Å²) >= 11 is 0. The zero-order valence-electron chi connectivity index (χ0n) is 13.6. The van der Waals surface area contributed by atoms with Crippen molar-refractivity contribution in [2.24, 2.45) is 0 Å². The molecule has 1 N–H and O–H groups in total. The summed E-state index contributed by atoms with van der Waals surface area (Å²) < 4.78 is 13.2. The van der Waals surface area contributed by atoms with Crippen molar-refractivity contribution in [2.75, 3.05) is 26.2 Å². The number of carbonyl (C=O) groups is 2. The van der Waals surface area contributed by atoms with Gasteiger partial charge in [-0.05, 0) is 43.4 Å². The van der Waals surface area contributed by atoms with Gasteiger partial charge in [0, 0.05) is 26.2 Å². The molecule has 2 heterocycles. The molecule has 1 unspecified atom stereocenters. The first-order chi connectivity index (χ1) is 11.6. The van der Waals surface area contributed by atoms with Gasteiger partial charge < -0.3 is 15.1 Å². The molecule has 5 nitrogen and oxygen atoms in total. The second-order valence-corrected chi connectivity index (χ2v) is 7.06. The number of likely N-dealkylation sites (tertiary alicyclic amines) is 1. The molecular weight excluding hydrogens is 309 g/mol. The summed E-state index contributed by atoms with van der Waals surface area (Å²) in [7, 11) is 0. The largest absolute Gasteiger partial charge is 0.340 e. The minimum absolute atomic E-state index is 0.0195. The van der Waals surface area contributed by atoms with E-state index in [9.17, 15) is 14.0 Å². The fraction of sp³-hybridized carbons (Fsp3) is 0.556. The number of hydrogen-bond donors (Lipinski definition) is 1. The Morgan fingerprint density at radius 2 is 1.96 bits per heavy atom. The number of urea groups is 1. The molecule has 0 spiro atoms. The van der Waals surface area contributed by atoms with E-state index < -0.39 is 5.41 Å². The van der Waals surface area contributed by atoms with Crippen LogP contribution in [0.15, 0.2) is 24.3 Å². The van der Waals surface area contributed by atoms with Crippen molar-refractivity contribution >= 4 is 11.9 Å². The van der Waals surface area contributed by atoms with E-state index in [0.717, 1.165) is 37.8 Å². The molecule has 3 fully saturated rings. The number of halogens is 1. The summed E-state index contributed by atoms with van der Waals surface area (Å²) in [4.78, 5) is 28.8. The summed E-state index contributed by atoms with van der Waals surface area (Å²) in [5, 5.41) is 2.83. The van der Waals surface area contributed by atoms with Crippen molar-refractivity contribution in [3.05, 3.63) is 35.6 Å². The molecule has 1 aliphatic carbocycles. The fourth-order valence-electron chi connectivity index (χ4n) is 4.05. The van der Waals surface area contributed by atoms with Crippen LogP contribution in [0.1, 0.15) is 31.2 Å². The van der Waals surface area contributed by atoms with Crippen molar-refractivity contribution in [2.45, 2.75) is 37.1 Å². The van der Waals surface area contributed by atoms with Crippen LogP contribution in [0.4, 0.5) is 9.18 Å². The van der Waals surface area contributed by atoms with Crippen LogP contribution >= 0.6 is 0 Å². The fourth-order valence-corrected chi connectivity index (χ4v) is 4.05. The van der Waals surface area contributed by atoms with Gasteiger partial charge >= 0.3 is 6.03 Å². The van der Waals surface area contributed by atoms with Gasteiger partial charge in [-0.2, -0.15) is 0 Å². The lowest BCUT2D eigenvalue weighted by molar-refractivity contribution is -0.135.